The van der Waals surface area contributed by atoms with Crippen LogP contribution in [-0.4, -0.2) is 24.8 Å². The summed E-state index contributed by atoms with van der Waals surface area (Å²) in [6.07, 6.45) is 2.47. The van der Waals surface area contributed by atoms with E-state index in [2.05, 4.69) is 64.9 Å². The maximum atomic E-state index is 4.91. The van der Waals surface area contributed by atoms with Gasteiger partial charge in [0.15, 0.2) is 5.82 Å². The highest BCUT2D eigenvalue weighted by Crippen LogP contribution is 2.24. The summed E-state index contributed by atoms with van der Waals surface area (Å²) in [5.41, 5.74) is 11.5. The summed E-state index contributed by atoms with van der Waals surface area (Å²) in [6.45, 7) is 2.09. The topological polar surface area (TPSA) is 68.5 Å². The monoisotopic (exact) mass is 448 g/mol. The van der Waals surface area contributed by atoms with E-state index in [1.807, 2.05) is 42.0 Å². The largest absolute Gasteiger partial charge is 0.261 e. The summed E-state index contributed by atoms with van der Waals surface area (Å²) in [5, 5.41) is 5.55. The van der Waals surface area contributed by atoms with E-state index in [1.165, 1.54) is 10.3 Å². The predicted octanol–water partition coefficient (Wildman–Crippen LogP) is 5.88. The van der Waals surface area contributed by atoms with Gasteiger partial charge in [-0.15, -0.1) is 11.3 Å². The Kier molecular flexibility index (Phi) is 4.81. The Balaban J connectivity index is 1.41. The van der Waals surface area contributed by atoms with E-state index >= 15 is 0 Å². The van der Waals surface area contributed by atoms with Crippen molar-refractivity contribution in [1.82, 2.24) is 24.8 Å². The SMILES string of the molecule is Cc1cccc(-c2cc(Nn3ncc4ccccc43)nc(Cc3ccc4ncsc4c3)n2)c1. The molecule has 6 rings (SSSR count). The van der Waals surface area contributed by atoms with Crippen LogP contribution in [-0.2, 0) is 6.42 Å². The predicted molar refractivity (Wildman–Crippen MR) is 133 cm³/mol. The van der Waals surface area contributed by atoms with Crippen LogP contribution in [0.15, 0.2) is 84.5 Å². The van der Waals surface area contributed by atoms with Gasteiger partial charge in [-0.05, 0) is 36.8 Å². The molecule has 0 aliphatic rings. The first-order valence-corrected chi connectivity index (χ1v) is 11.6. The molecule has 3 aromatic carbocycles. The summed E-state index contributed by atoms with van der Waals surface area (Å²) in [4.78, 5) is 15.9. The molecule has 3 heterocycles. The van der Waals surface area contributed by atoms with Crippen molar-refractivity contribution >= 4 is 38.3 Å². The zero-order chi connectivity index (χ0) is 22.2. The van der Waals surface area contributed by atoms with E-state index < -0.39 is 0 Å². The van der Waals surface area contributed by atoms with Gasteiger partial charge in [0.05, 0.1) is 33.1 Å². The summed E-state index contributed by atoms with van der Waals surface area (Å²) < 4.78 is 1.17. The molecule has 0 unspecified atom stereocenters. The lowest BCUT2D eigenvalue weighted by Crippen LogP contribution is -2.13. The minimum Gasteiger partial charge on any atom is -0.261 e. The third-order valence-corrected chi connectivity index (χ3v) is 6.33. The zero-order valence-corrected chi connectivity index (χ0v) is 18.8. The summed E-state index contributed by atoms with van der Waals surface area (Å²) in [7, 11) is 0. The molecule has 0 amide bonds. The molecule has 160 valence electrons. The normalized spacial score (nSPS) is 11.3. The van der Waals surface area contributed by atoms with Crippen molar-refractivity contribution in [2.45, 2.75) is 13.3 Å². The molecule has 0 aliphatic heterocycles. The molecular weight excluding hydrogens is 428 g/mol. The summed E-state index contributed by atoms with van der Waals surface area (Å²) in [6, 6.07) is 24.7. The Hall–Kier alpha value is -4.10. The van der Waals surface area contributed by atoms with Crippen molar-refractivity contribution in [1.29, 1.82) is 0 Å². The van der Waals surface area contributed by atoms with Gasteiger partial charge in [-0.3, -0.25) is 5.43 Å². The molecule has 0 fully saturated rings. The third-order valence-electron chi connectivity index (χ3n) is 5.54. The Morgan fingerprint density at radius 3 is 2.82 bits per heavy atom. The smallest absolute Gasteiger partial charge is 0.150 e. The van der Waals surface area contributed by atoms with Gasteiger partial charge in [0.2, 0.25) is 0 Å². The molecule has 7 heteroatoms. The molecule has 0 saturated carbocycles. The molecule has 0 aliphatic carbocycles. The van der Waals surface area contributed by atoms with Gasteiger partial charge in [-0.1, -0.05) is 48.0 Å². The highest BCUT2D eigenvalue weighted by Gasteiger charge is 2.11. The molecule has 33 heavy (non-hydrogen) atoms. The Morgan fingerprint density at radius 2 is 1.88 bits per heavy atom. The maximum Gasteiger partial charge on any atom is 0.150 e. The van der Waals surface area contributed by atoms with E-state index in [4.69, 9.17) is 9.97 Å². The number of hydrogen-bond donors (Lipinski definition) is 1. The summed E-state index contributed by atoms with van der Waals surface area (Å²) in [5.74, 6) is 1.45. The molecule has 6 aromatic rings. The fourth-order valence-corrected chi connectivity index (χ4v) is 4.69. The van der Waals surface area contributed by atoms with E-state index in [0.717, 1.165) is 39.1 Å². The number of benzene rings is 3. The molecule has 0 saturated heterocycles. The van der Waals surface area contributed by atoms with Crippen molar-refractivity contribution in [3.05, 3.63) is 101 Å². The van der Waals surface area contributed by atoms with Crippen LogP contribution in [0, 0.1) is 6.92 Å². The van der Waals surface area contributed by atoms with Crippen LogP contribution >= 0.6 is 11.3 Å². The van der Waals surface area contributed by atoms with Gasteiger partial charge in [0.1, 0.15) is 5.82 Å². The van der Waals surface area contributed by atoms with E-state index in [1.54, 1.807) is 16.1 Å². The van der Waals surface area contributed by atoms with Crippen molar-refractivity contribution in [2.24, 2.45) is 0 Å². The second-order valence-corrected chi connectivity index (χ2v) is 8.87. The number of hydrogen-bond acceptors (Lipinski definition) is 6. The maximum absolute atomic E-state index is 4.91. The molecule has 1 N–H and O–H groups in total. The van der Waals surface area contributed by atoms with Gasteiger partial charge in [0.25, 0.3) is 0 Å². The number of rotatable bonds is 5. The second-order valence-electron chi connectivity index (χ2n) is 7.98. The third kappa shape index (κ3) is 3.94. The van der Waals surface area contributed by atoms with Gasteiger partial charge in [-0.2, -0.15) is 9.89 Å². The van der Waals surface area contributed by atoms with Crippen molar-refractivity contribution in [3.63, 3.8) is 0 Å². The first-order valence-electron chi connectivity index (χ1n) is 10.7. The number of para-hydroxylation sites is 1. The Morgan fingerprint density at radius 1 is 0.939 bits per heavy atom. The van der Waals surface area contributed by atoms with Crippen LogP contribution in [0.3, 0.4) is 0 Å². The van der Waals surface area contributed by atoms with Gasteiger partial charge in [0, 0.05) is 23.4 Å². The van der Waals surface area contributed by atoms with E-state index in [9.17, 15) is 0 Å². The zero-order valence-electron chi connectivity index (χ0n) is 17.9. The van der Waals surface area contributed by atoms with Crippen LogP contribution in [0.1, 0.15) is 17.0 Å². The molecule has 6 nitrogen and oxygen atoms in total. The fourth-order valence-electron chi connectivity index (χ4n) is 3.95. The minimum atomic E-state index is 0.627. The van der Waals surface area contributed by atoms with Crippen molar-refractivity contribution in [3.8, 4) is 11.3 Å². The highest BCUT2D eigenvalue weighted by molar-refractivity contribution is 7.16. The first kappa shape index (κ1) is 19.6. The fraction of sp³-hybridized carbons (Fsp3) is 0.0769. The molecular formula is C26H20N6S. The van der Waals surface area contributed by atoms with Gasteiger partial charge < -0.3 is 0 Å². The number of aryl methyl sites for hydroxylation is 1. The number of nitrogens with zero attached hydrogens (tertiary/aromatic N) is 5. The highest BCUT2D eigenvalue weighted by atomic mass is 32.1. The average Bonchev–Trinajstić information content (AvgIpc) is 3.46. The first-order chi connectivity index (χ1) is 16.2. The molecule has 3 aromatic heterocycles. The molecule has 0 spiro atoms. The van der Waals surface area contributed by atoms with Crippen LogP contribution in [0.4, 0.5) is 5.82 Å². The molecule has 0 radical (unpaired) electrons. The molecule has 0 atom stereocenters. The second kappa shape index (κ2) is 8.11. The van der Waals surface area contributed by atoms with Crippen LogP contribution in [0.25, 0.3) is 32.4 Å². The Bertz CT molecular complexity index is 1600. The quantitative estimate of drug-likeness (QED) is 0.357. The van der Waals surface area contributed by atoms with Crippen LogP contribution in [0.2, 0.25) is 0 Å². The number of anilines is 1. The lowest BCUT2D eigenvalue weighted by molar-refractivity contribution is 0.817. The molecule has 0 bridgehead atoms. The minimum absolute atomic E-state index is 0.627. The standard InChI is InChI=1S/C26H20N6S/c1-17-5-4-7-19(11-17)22-14-26(31-32-23-8-3-2-6-20(23)15-28-32)30-25(29-22)13-18-9-10-21-24(12-18)33-16-27-21/h2-12,14-16H,13H2,1H3,(H,29,30,31). The van der Waals surface area contributed by atoms with Gasteiger partial charge in [-0.25, -0.2) is 15.0 Å². The van der Waals surface area contributed by atoms with Crippen LogP contribution < -0.4 is 5.43 Å². The lowest BCUT2D eigenvalue weighted by atomic mass is 10.1. The van der Waals surface area contributed by atoms with E-state index in [-0.39, 0.29) is 0 Å². The van der Waals surface area contributed by atoms with E-state index in [0.29, 0.717) is 12.2 Å². The van der Waals surface area contributed by atoms with Crippen LogP contribution in [0.5, 0.6) is 0 Å². The van der Waals surface area contributed by atoms with Gasteiger partial charge >= 0.3 is 0 Å². The average molecular weight is 449 g/mol. The number of fused-ring (bicyclic) bond motifs is 2. The summed E-state index contributed by atoms with van der Waals surface area (Å²) >= 11 is 1.64. The number of aromatic nitrogens is 5. The van der Waals surface area contributed by atoms with Crippen molar-refractivity contribution < 1.29 is 0 Å². The number of thiazole rings is 1. The van der Waals surface area contributed by atoms with Crippen molar-refractivity contribution in [2.75, 3.05) is 5.43 Å². The number of nitrogens with one attached hydrogen (secondary N) is 1. The lowest BCUT2D eigenvalue weighted by Gasteiger charge is -2.12. The Labute approximate surface area is 194 Å².